The first-order chi connectivity index (χ1) is 19.5. The normalized spacial score (nSPS) is 15.8. The molecule has 9 heteroatoms. The topological polar surface area (TPSA) is 77.1 Å². The highest BCUT2D eigenvalue weighted by Gasteiger charge is 2.37. The van der Waals surface area contributed by atoms with Crippen LogP contribution in [-0.2, 0) is 46.3 Å². The lowest BCUT2D eigenvalue weighted by atomic mass is 9.90. The standard InChI is InChI=1S/C32H37FN6O2/c1-7-22-15-29(35-37(22)6)34-25-11-20(18-36(5)30(25)40)24-13-21(33)14-26(23(24)8-2)39-10-9-38-27(31(39)41)12-19-16-32(3,4)17-28(19)38/h11-15,18H,7-10,16-17H2,1-6H3,(H,34,35). The molecule has 0 saturated carbocycles. The number of anilines is 3. The Labute approximate surface area is 239 Å². The Morgan fingerprint density at radius 2 is 1.78 bits per heavy atom. The lowest BCUT2D eigenvalue weighted by molar-refractivity contribution is 0.0964. The van der Waals surface area contributed by atoms with Crippen LogP contribution in [0.5, 0.6) is 0 Å². The number of hydrogen-bond donors (Lipinski definition) is 1. The van der Waals surface area contributed by atoms with E-state index >= 15 is 4.39 Å². The molecular weight excluding hydrogens is 519 g/mol. The molecule has 0 saturated heterocycles. The molecule has 1 amide bonds. The minimum Gasteiger partial charge on any atom is -0.339 e. The van der Waals surface area contributed by atoms with Crippen molar-refractivity contribution in [1.29, 1.82) is 0 Å². The molecule has 4 heterocycles. The second-order valence-corrected chi connectivity index (χ2v) is 12.1. The Morgan fingerprint density at radius 1 is 1.00 bits per heavy atom. The minimum atomic E-state index is -0.425. The van der Waals surface area contributed by atoms with Crippen molar-refractivity contribution in [3.05, 3.63) is 80.9 Å². The molecule has 0 spiro atoms. The molecule has 1 aromatic carbocycles. The lowest BCUT2D eigenvalue weighted by Gasteiger charge is -2.32. The van der Waals surface area contributed by atoms with E-state index in [0.717, 1.165) is 30.5 Å². The predicted octanol–water partition coefficient (Wildman–Crippen LogP) is 5.38. The first-order valence-corrected chi connectivity index (χ1v) is 14.4. The maximum atomic E-state index is 15.3. The molecule has 2 aliphatic rings. The van der Waals surface area contributed by atoms with E-state index in [-0.39, 0.29) is 16.9 Å². The van der Waals surface area contributed by atoms with Gasteiger partial charge in [-0.2, -0.15) is 5.10 Å². The van der Waals surface area contributed by atoms with Gasteiger partial charge in [0.05, 0.1) is 5.69 Å². The van der Waals surface area contributed by atoms with Crippen molar-refractivity contribution >= 4 is 23.1 Å². The van der Waals surface area contributed by atoms with Crippen molar-refractivity contribution in [2.45, 2.75) is 59.9 Å². The van der Waals surface area contributed by atoms with Crippen LogP contribution in [0.3, 0.4) is 0 Å². The number of carbonyl (C=O) groups is 1. The zero-order valence-electron chi connectivity index (χ0n) is 24.6. The van der Waals surface area contributed by atoms with Crippen LogP contribution < -0.4 is 15.8 Å². The Morgan fingerprint density at radius 3 is 2.49 bits per heavy atom. The van der Waals surface area contributed by atoms with Gasteiger partial charge in [-0.25, -0.2) is 4.39 Å². The zero-order valence-corrected chi connectivity index (χ0v) is 24.6. The summed E-state index contributed by atoms with van der Waals surface area (Å²) in [7, 11) is 3.55. The summed E-state index contributed by atoms with van der Waals surface area (Å²) < 4.78 is 20.7. The Bertz CT molecular complexity index is 1760. The monoisotopic (exact) mass is 556 g/mol. The average Bonchev–Trinajstić information content (AvgIpc) is 3.55. The van der Waals surface area contributed by atoms with Crippen molar-refractivity contribution in [2.24, 2.45) is 19.5 Å². The Hall–Kier alpha value is -4.14. The van der Waals surface area contributed by atoms with Crippen LogP contribution in [0, 0.1) is 11.2 Å². The van der Waals surface area contributed by atoms with Crippen LogP contribution in [0.1, 0.15) is 60.7 Å². The van der Waals surface area contributed by atoms with Gasteiger partial charge in [0.2, 0.25) is 0 Å². The van der Waals surface area contributed by atoms with Crippen LogP contribution in [0.2, 0.25) is 0 Å². The first-order valence-electron chi connectivity index (χ1n) is 14.4. The van der Waals surface area contributed by atoms with Crippen molar-refractivity contribution in [3.8, 4) is 11.1 Å². The molecule has 1 aliphatic carbocycles. The molecule has 214 valence electrons. The number of halogens is 1. The van der Waals surface area contributed by atoms with E-state index in [9.17, 15) is 9.59 Å². The SMILES string of the molecule is CCc1c(-c2cc(Nc3cc(CC)n(C)n3)c(=O)n(C)c2)cc(F)cc1N1CCn2c(cc3c2CC(C)(C)C3)C1=O. The fourth-order valence-corrected chi connectivity index (χ4v) is 6.62. The van der Waals surface area contributed by atoms with E-state index in [4.69, 9.17) is 0 Å². The zero-order chi connectivity index (χ0) is 29.2. The number of aryl methyl sites for hydroxylation is 3. The predicted molar refractivity (Wildman–Crippen MR) is 160 cm³/mol. The molecule has 1 aliphatic heterocycles. The molecule has 0 fully saturated rings. The number of pyridine rings is 1. The summed E-state index contributed by atoms with van der Waals surface area (Å²) in [5.74, 6) is 0.0525. The van der Waals surface area contributed by atoms with Crippen molar-refractivity contribution in [3.63, 3.8) is 0 Å². The number of amides is 1. The van der Waals surface area contributed by atoms with Gasteiger partial charge in [-0.3, -0.25) is 14.3 Å². The highest BCUT2D eigenvalue weighted by atomic mass is 19.1. The van der Waals surface area contributed by atoms with Crippen LogP contribution in [0.25, 0.3) is 11.1 Å². The molecule has 3 aromatic heterocycles. The summed E-state index contributed by atoms with van der Waals surface area (Å²) in [6.45, 7) is 9.74. The molecular formula is C32H37FN6O2. The van der Waals surface area contributed by atoms with Crippen LogP contribution in [0.15, 0.2) is 41.3 Å². The summed E-state index contributed by atoms with van der Waals surface area (Å²) in [5.41, 5.74) is 7.37. The number of carbonyl (C=O) groups excluding carboxylic acids is 1. The van der Waals surface area contributed by atoms with Crippen LogP contribution >= 0.6 is 0 Å². The molecule has 4 aromatic rings. The molecule has 0 atom stereocenters. The van der Waals surface area contributed by atoms with Gasteiger partial charge in [-0.05, 0) is 72.1 Å². The summed E-state index contributed by atoms with van der Waals surface area (Å²) >= 11 is 0. The van der Waals surface area contributed by atoms with E-state index in [1.807, 2.05) is 33.0 Å². The first kappa shape index (κ1) is 27.1. The van der Waals surface area contributed by atoms with Gasteiger partial charge in [-0.15, -0.1) is 0 Å². The maximum Gasteiger partial charge on any atom is 0.274 e. The third-order valence-corrected chi connectivity index (χ3v) is 8.56. The highest BCUT2D eigenvalue weighted by Crippen LogP contribution is 2.41. The number of benzene rings is 1. The number of nitrogens with one attached hydrogen (secondary N) is 1. The number of rotatable bonds is 6. The molecule has 8 nitrogen and oxygen atoms in total. The minimum absolute atomic E-state index is 0.0978. The van der Waals surface area contributed by atoms with Gasteiger partial charge in [0.25, 0.3) is 11.5 Å². The molecule has 6 rings (SSSR count). The summed E-state index contributed by atoms with van der Waals surface area (Å²) in [5, 5.41) is 7.64. The molecule has 0 bridgehead atoms. The third-order valence-electron chi connectivity index (χ3n) is 8.56. The van der Waals surface area contributed by atoms with Gasteiger partial charge in [0.1, 0.15) is 17.2 Å². The second kappa shape index (κ2) is 9.75. The lowest BCUT2D eigenvalue weighted by Crippen LogP contribution is -2.41. The summed E-state index contributed by atoms with van der Waals surface area (Å²) in [4.78, 5) is 28.6. The van der Waals surface area contributed by atoms with Crippen LogP contribution in [-0.4, -0.2) is 31.4 Å². The van der Waals surface area contributed by atoms with Crippen molar-refractivity contribution in [2.75, 3.05) is 16.8 Å². The average molecular weight is 557 g/mol. The highest BCUT2D eigenvalue weighted by molar-refractivity contribution is 6.07. The van der Waals surface area contributed by atoms with E-state index in [1.54, 1.807) is 28.9 Å². The van der Waals surface area contributed by atoms with Crippen LogP contribution in [0.4, 0.5) is 21.6 Å². The van der Waals surface area contributed by atoms with Gasteiger partial charge in [0.15, 0.2) is 5.82 Å². The number of nitrogens with zero attached hydrogens (tertiary/aromatic N) is 5. The molecule has 0 radical (unpaired) electrons. The van der Waals surface area contributed by atoms with Gasteiger partial charge in [-0.1, -0.05) is 27.7 Å². The van der Waals surface area contributed by atoms with Gasteiger partial charge < -0.3 is 19.4 Å². The molecule has 1 N–H and O–H groups in total. The number of aromatic nitrogens is 4. The summed E-state index contributed by atoms with van der Waals surface area (Å²) in [6, 6.07) is 8.66. The fraction of sp³-hybridized carbons (Fsp3) is 0.406. The van der Waals surface area contributed by atoms with E-state index in [0.29, 0.717) is 53.5 Å². The van der Waals surface area contributed by atoms with Gasteiger partial charge >= 0.3 is 0 Å². The van der Waals surface area contributed by atoms with E-state index in [1.165, 1.54) is 28.0 Å². The third kappa shape index (κ3) is 4.57. The fourth-order valence-electron chi connectivity index (χ4n) is 6.62. The molecule has 41 heavy (non-hydrogen) atoms. The maximum absolute atomic E-state index is 15.3. The number of fused-ring (bicyclic) bond motifs is 3. The van der Waals surface area contributed by atoms with E-state index in [2.05, 4.69) is 28.8 Å². The Kier molecular flexibility index (Phi) is 6.43. The molecule has 0 unspecified atom stereocenters. The largest absolute Gasteiger partial charge is 0.339 e. The van der Waals surface area contributed by atoms with Gasteiger partial charge in [0, 0.05) is 56.4 Å². The van der Waals surface area contributed by atoms with E-state index < -0.39 is 5.82 Å². The van der Waals surface area contributed by atoms with Crippen molar-refractivity contribution < 1.29 is 9.18 Å². The number of hydrogen-bond acceptors (Lipinski definition) is 4. The smallest absolute Gasteiger partial charge is 0.274 e. The van der Waals surface area contributed by atoms with Crippen molar-refractivity contribution in [1.82, 2.24) is 18.9 Å². The summed E-state index contributed by atoms with van der Waals surface area (Å²) in [6.07, 6.45) is 5.04. The Balaban J connectivity index is 1.40. The quantitative estimate of drug-likeness (QED) is 0.346. The second-order valence-electron chi connectivity index (χ2n) is 12.1.